The van der Waals surface area contributed by atoms with E-state index in [4.69, 9.17) is 9.84 Å². The molecule has 0 spiro atoms. The quantitative estimate of drug-likeness (QED) is 0.798. The number of ether oxygens (including phenoxy) is 1. The molecule has 5 nitrogen and oxygen atoms in total. The summed E-state index contributed by atoms with van der Waals surface area (Å²) in [5.41, 5.74) is -0.703. The number of hydrogen-bond donors (Lipinski definition) is 2. The Morgan fingerprint density at radius 3 is 2.40 bits per heavy atom. The van der Waals surface area contributed by atoms with Gasteiger partial charge in [0.25, 0.3) is 0 Å². The Morgan fingerprint density at radius 2 is 1.85 bits per heavy atom. The first-order chi connectivity index (χ1) is 9.48. The molecule has 0 unspecified atom stereocenters. The number of rotatable bonds is 5. The molecule has 116 valence electrons. The highest BCUT2D eigenvalue weighted by Crippen LogP contribution is 2.33. The number of carbonyl (C=O) groups is 1. The van der Waals surface area contributed by atoms with Gasteiger partial charge < -0.3 is 19.8 Å². The van der Waals surface area contributed by atoms with E-state index in [0.717, 1.165) is 32.6 Å². The molecule has 0 radical (unpaired) electrons. The summed E-state index contributed by atoms with van der Waals surface area (Å²) in [6, 6.07) is 0. The highest BCUT2D eigenvalue weighted by molar-refractivity contribution is 5.70. The van der Waals surface area contributed by atoms with Gasteiger partial charge >= 0.3 is 5.97 Å². The highest BCUT2D eigenvalue weighted by atomic mass is 16.5. The second-order valence-corrected chi connectivity index (χ2v) is 6.59. The van der Waals surface area contributed by atoms with Crippen molar-refractivity contribution < 1.29 is 19.7 Å². The average Bonchev–Trinajstić information content (AvgIpc) is 2.39. The number of hydrogen-bond acceptors (Lipinski definition) is 4. The second kappa shape index (κ2) is 6.87. The van der Waals surface area contributed by atoms with Gasteiger partial charge in [-0.05, 0) is 51.5 Å². The Balaban J connectivity index is 1.75. The second-order valence-electron chi connectivity index (χ2n) is 6.59. The minimum atomic E-state index is -0.720. The van der Waals surface area contributed by atoms with E-state index in [1.54, 1.807) is 0 Å². The third-order valence-corrected chi connectivity index (χ3v) is 4.74. The van der Waals surface area contributed by atoms with Crippen LogP contribution in [0.25, 0.3) is 0 Å². The lowest BCUT2D eigenvalue weighted by molar-refractivity contribution is -0.145. The zero-order valence-corrected chi connectivity index (χ0v) is 12.4. The Morgan fingerprint density at radius 1 is 1.25 bits per heavy atom. The van der Waals surface area contributed by atoms with Crippen molar-refractivity contribution in [2.45, 2.75) is 44.1 Å². The molecule has 0 amide bonds. The molecule has 1 heterocycles. The maximum atomic E-state index is 10.9. The molecular formula is C15H27NO4. The summed E-state index contributed by atoms with van der Waals surface area (Å²) >= 11 is 0. The molecule has 1 saturated heterocycles. The van der Waals surface area contributed by atoms with Crippen LogP contribution in [0.3, 0.4) is 0 Å². The molecule has 2 aliphatic rings. The summed E-state index contributed by atoms with van der Waals surface area (Å²) in [6.45, 7) is 3.34. The van der Waals surface area contributed by atoms with Crippen LogP contribution in [0.1, 0.15) is 38.5 Å². The van der Waals surface area contributed by atoms with E-state index in [9.17, 15) is 9.90 Å². The predicted molar refractivity (Wildman–Crippen MR) is 75.6 cm³/mol. The summed E-state index contributed by atoms with van der Waals surface area (Å²) in [4.78, 5) is 13.2. The maximum Gasteiger partial charge on any atom is 0.306 e. The van der Waals surface area contributed by atoms with Crippen LogP contribution in [0.2, 0.25) is 0 Å². The molecule has 1 aliphatic carbocycles. The van der Waals surface area contributed by atoms with Crippen LogP contribution in [0.15, 0.2) is 0 Å². The van der Waals surface area contributed by atoms with Crippen LogP contribution < -0.4 is 0 Å². The van der Waals surface area contributed by atoms with Crippen molar-refractivity contribution >= 4 is 5.97 Å². The first kappa shape index (κ1) is 15.7. The number of nitrogens with zero attached hydrogens (tertiary/aromatic N) is 1. The minimum absolute atomic E-state index is 0.268. The van der Waals surface area contributed by atoms with E-state index < -0.39 is 11.6 Å². The van der Waals surface area contributed by atoms with Gasteiger partial charge in [0.15, 0.2) is 0 Å². The van der Waals surface area contributed by atoms with Crippen LogP contribution in [0.5, 0.6) is 0 Å². The number of carboxylic acids is 1. The molecule has 0 aromatic heterocycles. The number of aliphatic carboxylic acids is 1. The molecule has 2 rings (SSSR count). The molecule has 0 bridgehead atoms. The molecular weight excluding hydrogens is 258 g/mol. The lowest BCUT2D eigenvalue weighted by Gasteiger charge is -2.38. The molecule has 0 aromatic rings. The van der Waals surface area contributed by atoms with Crippen LogP contribution in [-0.2, 0) is 9.53 Å². The fraction of sp³-hybridized carbons (Fsp3) is 0.933. The van der Waals surface area contributed by atoms with Gasteiger partial charge in [0.05, 0.1) is 11.5 Å². The van der Waals surface area contributed by atoms with Gasteiger partial charge in [-0.2, -0.15) is 0 Å². The standard InChI is InChI=1S/C15H27NO4/c1-16(10-12-4-8-20-9-5-12)11-15(19)6-2-13(3-7-15)14(17)18/h12-13,19H,2-11H2,1H3,(H,17,18). The Hall–Kier alpha value is -0.650. The molecule has 2 fully saturated rings. The van der Waals surface area contributed by atoms with E-state index in [1.165, 1.54) is 0 Å². The SMILES string of the molecule is CN(CC1CCOCC1)CC1(O)CCC(C(=O)O)CC1. The fourth-order valence-electron chi connectivity index (χ4n) is 3.50. The number of likely N-dealkylation sites (N-methyl/N-ethyl adjacent to an activating group) is 1. The van der Waals surface area contributed by atoms with E-state index in [2.05, 4.69) is 11.9 Å². The van der Waals surface area contributed by atoms with Crippen molar-refractivity contribution in [1.82, 2.24) is 4.90 Å². The smallest absolute Gasteiger partial charge is 0.306 e. The van der Waals surface area contributed by atoms with Crippen molar-refractivity contribution in [3.63, 3.8) is 0 Å². The molecule has 20 heavy (non-hydrogen) atoms. The van der Waals surface area contributed by atoms with E-state index in [1.807, 2.05) is 0 Å². The van der Waals surface area contributed by atoms with E-state index in [0.29, 0.717) is 38.1 Å². The average molecular weight is 285 g/mol. The molecule has 0 atom stereocenters. The van der Waals surface area contributed by atoms with Crippen LogP contribution >= 0.6 is 0 Å². The molecule has 5 heteroatoms. The lowest BCUT2D eigenvalue weighted by atomic mass is 9.78. The molecule has 0 aromatic carbocycles. The highest BCUT2D eigenvalue weighted by Gasteiger charge is 2.36. The van der Waals surface area contributed by atoms with Gasteiger partial charge in [-0.3, -0.25) is 4.79 Å². The van der Waals surface area contributed by atoms with Crippen LogP contribution in [0, 0.1) is 11.8 Å². The third kappa shape index (κ3) is 4.43. The van der Waals surface area contributed by atoms with Gasteiger partial charge in [-0.15, -0.1) is 0 Å². The summed E-state index contributed by atoms with van der Waals surface area (Å²) in [5, 5.41) is 19.6. The van der Waals surface area contributed by atoms with Gasteiger partial charge in [0.2, 0.25) is 0 Å². The van der Waals surface area contributed by atoms with Gasteiger partial charge in [-0.1, -0.05) is 0 Å². The number of carboxylic acid groups (broad SMARTS) is 1. The molecule has 1 aliphatic heterocycles. The Bertz CT molecular complexity index is 320. The monoisotopic (exact) mass is 285 g/mol. The maximum absolute atomic E-state index is 10.9. The van der Waals surface area contributed by atoms with E-state index >= 15 is 0 Å². The predicted octanol–water partition coefficient (Wildman–Crippen LogP) is 1.35. The van der Waals surface area contributed by atoms with Gasteiger partial charge in [0.1, 0.15) is 0 Å². The first-order valence-corrected chi connectivity index (χ1v) is 7.70. The fourth-order valence-corrected chi connectivity index (χ4v) is 3.50. The topological polar surface area (TPSA) is 70.0 Å². The zero-order chi connectivity index (χ0) is 14.6. The van der Waals surface area contributed by atoms with Crippen molar-refractivity contribution in [2.75, 3.05) is 33.4 Å². The number of aliphatic hydroxyl groups is 1. The Kier molecular flexibility index (Phi) is 5.41. The van der Waals surface area contributed by atoms with Crippen LogP contribution in [0.4, 0.5) is 0 Å². The first-order valence-electron chi connectivity index (χ1n) is 7.70. The third-order valence-electron chi connectivity index (χ3n) is 4.74. The summed E-state index contributed by atoms with van der Waals surface area (Å²) < 4.78 is 5.36. The minimum Gasteiger partial charge on any atom is -0.481 e. The van der Waals surface area contributed by atoms with Gasteiger partial charge in [-0.25, -0.2) is 0 Å². The molecule has 2 N–H and O–H groups in total. The summed E-state index contributed by atoms with van der Waals surface area (Å²) in [5.74, 6) is -0.327. The summed E-state index contributed by atoms with van der Waals surface area (Å²) in [6.07, 6.45) is 4.59. The lowest BCUT2D eigenvalue weighted by Crippen LogP contribution is -2.46. The largest absolute Gasteiger partial charge is 0.481 e. The van der Waals surface area contributed by atoms with Crippen molar-refractivity contribution in [1.29, 1.82) is 0 Å². The zero-order valence-electron chi connectivity index (χ0n) is 12.4. The summed E-state index contributed by atoms with van der Waals surface area (Å²) in [7, 11) is 2.05. The normalized spacial score (nSPS) is 32.5. The van der Waals surface area contributed by atoms with Gasteiger partial charge in [0, 0.05) is 26.3 Å². The van der Waals surface area contributed by atoms with Crippen molar-refractivity contribution in [2.24, 2.45) is 11.8 Å². The van der Waals surface area contributed by atoms with Crippen molar-refractivity contribution in [3.8, 4) is 0 Å². The molecule has 1 saturated carbocycles. The van der Waals surface area contributed by atoms with E-state index in [-0.39, 0.29) is 5.92 Å². The van der Waals surface area contributed by atoms with Crippen LogP contribution in [-0.4, -0.2) is 60.0 Å². The Labute approximate surface area is 120 Å². The van der Waals surface area contributed by atoms with Crippen molar-refractivity contribution in [3.05, 3.63) is 0 Å².